The Balaban J connectivity index is 2.30. The van der Waals surface area contributed by atoms with Crippen LogP contribution in [-0.2, 0) is 11.2 Å². The molecule has 17 heavy (non-hydrogen) atoms. The highest BCUT2D eigenvalue weighted by atomic mass is 16.3. The molecule has 0 fully saturated rings. The lowest BCUT2D eigenvalue weighted by Gasteiger charge is -2.04. The predicted molar refractivity (Wildman–Crippen MR) is 64.2 cm³/mol. The third kappa shape index (κ3) is 5.14. The van der Waals surface area contributed by atoms with Crippen molar-refractivity contribution in [2.24, 2.45) is 0 Å². The van der Waals surface area contributed by atoms with Crippen LogP contribution in [0.25, 0.3) is 0 Å². The van der Waals surface area contributed by atoms with Crippen LogP contribution in [0.15, 0.2) is 24.3 Å². The number of nitrogens with zero attached hydrogens (tertiary/aromatic N) is 1. The van der Waals surface area contributed by atoms with E-state index in [1.165, 1.54) is 0 Å². The first kappa shape index (κ1) is 13.2. The number of amides is 1. The minimum atomic E-state index is -0.0113. The average Bonchev–Trinajstić information content (AvgIpc) is 2.37. The zero-order valence-corrected chi connectivity index (χ0v) is 9.65. The minimum Gasteiger partial charge on any atom is -0.396 e. The second kappa shape index (κ2) is 7.42. The molecule has 0 bridgehead atoms. The summed E-state index contributed by atoms with van der Waals surface area (Å²) in [6.07, 6.45) is 1.68. The second-order valence-corrected chi connectivity index (χ2v) is 3.74. The first-order chi connectivity index (χ1) is 8.26. The van der Waals surface area contributed by atoms with Gasteiger partial charge in [-0.1, -0.05) is 12.1 Å². The van der Waals surface area contributed by atoms with Gasteiger partial charge in [-0.05, 0) is 30.5 Å². The summed E-state index contributed by atoms with van der Waals surface area (Å²) in [5.74, 6) is -0.0113. The Morgan fingerprint density at radius 1 is 1.35 bits per heavy atom. The number of nitriles is 1. The van der Waals surface area contributed by atoms with Crippen LogP contribution in [0.3, 0.4) is 0 Å². The van der Waals surface area contributed by atoms with Crippen molar-refractivity contribution in [3.63, 3.8) is 0 Å². The van der Waals surface area contributed by atoms with Crippen LogP contribution < -0.4 is 5.32 Å². The van der Waals surface area contributed by atoms with Gasteiger partial charge in [-0.25, -0.2) is 0 Å². The number of aliphatic hydroxyl groups excluding tert-OH is 1. The van der Waals surface area contributed by atoms with Crippen LogP contribution in [0.1, 0.15) is 24.0 Å². The molecule has 0 heterocycles. The first-order valence-electron chi connectivity index (χ1n) is 5.63. The Bertz CT molecular complexity index is 393. The summed E-state index contributed by atoms with van der Waals surface area (Å²) in [5, 5.41) is 19.9. The van der Waals surface area contributed by atoms with Gasteiger partial charge >= 0.3 is 0 Å². The second-order valence-electron chi connectivity index (χ2n) is 3.74. The van der Waals surface area contributed by atoms with E-state index < -0.39 is 0 Å². The van der Waals surface area contributed by atoms with Gasteiger partial charge in [0.15, 0.2) is 0 Å². The third-order valence-electron chi connectivity index (χ3n) is 2.38. The lowest BCUT2D eigenvalue weighted by atomic mass is 10.1. The molecule has 0 aliphatic rings. The molecule has 1 amide bonds. The Morgan fingerprint density at radius 3 is 2.65 bits per heavy atom. The molecule has 0 aromatic heterocycles. The number of aryl methyl sites for hydroxylation is 1. The van der Waals surface area contributed by atoms with E-state index in [1.54, 1.807) is 12.1 Å². The van der Waals surface area contributed by atoms with Gasteiger partial charge in [0, 0.05) is 19.6 Å². The van der Waals surface area contributed by atoms with Gasteiger partial charge < -0.3 is 10.4 Å². The molecule has 0 saturated carbocycles. The molecule has 4 heteroatoms. The number of hydrogen-bond acceptors (Lipinski definition) is 3. The number of rotatable bonds is 6. The van der Waals surface area contributed by atoms with Crippen LogP contribution >= 0.6 is 0 Å². The van der Waals surface area contributed by atoms with E-state index in [0.717, 1.165) is 5.56 Å². The van der Waals surface area contributed by atoms with Gasteiger partial charge in [0.05, 0.1) is 11.6 Å². The third-order valence-corrected chi connectivity index (χ3v) is 2.38. The summed E-state index contributed by atoms with van der Waals surface area (Å²) >= 11 is 0. The largest absolute Gasteiger partial charge is 0.396 e. The molecule has 0 aliphatic carbocycles. The van der Waals surface area contributed by atoms with Crippen LogP contribution in [0, 0.1) is 11.3 Å². The van der Waals surface area contributed by atoms with Crippen molar-refractivity contribution in [1.29, 1.82) is 5.26 Å². The van der Waals surface area contributed by atoms with Gasteiger partial charge in [0.2, 0.25) is 5.91 Å². The summed E-state index contributed by atoms with van der Waals surface area (Å²) < 4.78 is 0. The molecule has 0 atom stereocenters. The maximum absolute atomic E-state index is 11.4. The van der Waals surface area contributed by atoms with Crippen LogP contribution in [0.5, 0.6) is 0 Å². The standard InChI is InChI=1S/C13H16N2O2/c14-10-12-4-2-11(3-5-12)6-7-13(17)15-8-1-9-16/h2-5,16H,1,6-9H2,(H,15,17). The number of aliphatic hydroxyl groups is 1. The van der Waals surface area contributed by atoms with Crippen molar-refractivity contribution < 1.29 is 9.90 Å². The van der Waals surface area contributed by atoms with Crippen LogP contribution in [-0.4, -0.2) is 24.2 Å². The molecular weight excluding hydrogens is 216 g/mol. The SMILES string of the molecule is N#Cc1ccc(CCC(=O)NCCCO)cc1. The van der Waals surface area contributed by atoms with Crippen molar-refractivity contribution in [2.75, 3.05) is 13.2 Å². The molecule has 1 aromatic carbocycles. The number of hydrogen-bond donors (Lipinski definition) is 2. The van der Waals surface area contributed by atoms with E-state index >= 15 is 0 Å². The lowest BCUT2D eigenvalue weighted by Crippen LogP contribution is -2.25. The van der Waals surface area contributed by atoms with Crippen molar-refractivity contribution in [3.05, 3.63) is 35.4 Å². The monoisotopic (exact) mass is 232 g/mol. The van der Waals surface area contributed by atoms with E-state index in [1.807, 2.05) is 12.1 Å². The molecule has 0 radical (unpaired) electrons. The van der Waals surface area contributed by atoms with Gasteiger partial charge in [-0.2, -0.15) is 5.26 Å². The van der Waals surface area contributed by atoms with Gasteiger partial charge in [-0.3, -0.25) is 4.79 Å². The minimum absolute atomic E-state index is 0.0113. The van der Waals surface area contributed by atoms with Gasteiger partial charge in [-0.15, -0.1) is 0 Å². The Morgan fingerprint density at radius 2 is 2.06 bits per heavy atom. The normalized spacial score (nSPS) is 9.65. The van der Waals surface area contributed by atoms with Crippen molar-refractivity contribution in [1.82, 2.24) is 5.32 Å². The highest BCUT2D eigenvalue weighted by molar-refractivity contribution is 5.76. The predicted octanol–water partition coefficient (Wildman–Crippen LogP) is 0.989. The smallest absolute Gasteiger partial charge is 0.220 e. The summed E-state index contributed by atoms with van der Waals surface area (Å²) in [4.78, 5) is 11.4. The maximum Gasteiger partial charge on any atom is 0.220 e. The van der Waals surface area contributed by atoms with Crippen LogP contribution in [0.4, 0.5) is 0 Å². The lowest BCUT2D eigenvalue weighted by molar-refractivity contribution is -0.121. The molecule has 90 valence electrons. The average molecular weight is 232 g/mol. The van der Waals surface area contributed by atoms with E-state index in [2.05, 4.69) is 11.4 Å². The van der Waals surface area contributed by atoms with E-state index in [-0.39, 0.29) is 12.5 Å². The Labute approximate surface area is 101 Å². The number of carbonyl (C=O) groups is 1. The summed E-state index contributed by atoms with van der Waals surface area (Å²) in [6, 6.07) is 9.27. The fourth-order valence-corrected chi connectivity index (χ4v) is 1.40. The maximum atomic E-state index is 11.4. The zero-order valence-electron chi connectivity index (χ0n) is 9.65. The highest BCUT2D eigenvalue weighted by Crippen LogP contribution is 2.05. The highest BCUT2D eigenvalue weighted by Gasteiger charge is 2.01. The Hall–Kier alpha value is -1.86. The quantitative estimate of drug-likeness (QED) is 0.718. The number of benzene rings is 1. The van der Waals surface area contributed by atoms with Crippen molar-refractivity contribution >= 4 is 5.91 Å². The Kier molecular flexibility index (Phi) is 5.76. The fraction of sp³-hybridized carbons (Fsp3) is 0.385. The molecule has 1 rings (SSSR count). The molecule has 0 saturated heterocycles. The summed E-state index contributed by atoms with van der Waals surface area (Å²) in [5.41, 5.74) is 1.67. The fourth-order valence-electron chi connectivity index (χ4n) is 1.40. The zero-order chi connectivity index (χ0) is 12.5. The number of nitrogens with one attached hydrogen (secondary N) is 1. The number of carbonyl (C=O) groups excluding carboxylic acids is 1. The molecule has 0 aliphatic heterocycles. The van der Waals surface area contributed by atoms with E-state index in [0.29, 0.717) is 31.4 Å². The van der Waals surface area contributed by atoms with Crippen molar-refractivity contribution in [3.8, 4) is 6.07 Å². The van der Waals surface area contributed by atoms with Gasteiger partial charge in [0.1, 0.15) is 0 Å². The molecule has 4 nitrogen and oxygen atoms in total. The molecule has 1 aromatic rings. The molecule has 0 unspecified atom stereocenters. The summed E-state index contributed by atoms with van der Waals surface area (Å²) in [7, 11) is 0. The van der Waals surface area contributed by atoms with E-state index in [9.17, 15) is 4.79 Å². The molecular formula is C13H16N2O2. The van der Waals surface area contributed by atoms with E-state index in [4.69, 9.17) is 10.4 Å². The topological polar surface area (TPSA) is 73.1 Å². The molecule has 0 spiro atoms. The molecule has 2 N–H and O–H groups in total. The van der Waals surface area contributed by atoms with Crippen LogP contribution in [0.2, 0.25) is 0 Å². The van der Waals surface area contributed by atoms with Gasteiger partial charge in [0.25, 0.3) is 0 Å². The summed E-state index contributed by atoms with van der Waals surface area (Å²) in [6.45, 7) is 0.610. The van der Waals surface area contributed by atoms with Crippen molar-refractivity contribution in [2.45, 2.75) is 19.3 Å². The first-order valence-corrected chi connectivity index (χ1v) is 5.63.